The summed E-state index contributed by atoms with van der Waals surface area (Å²) in [5, 5.41) is 5.78. The number of alkyl halides is 3. The van der Waals surface area contributed by atoms with Gasteiger partial charge in [-0.1, -0.05) is 12.8 Å². The van der Waals surface area contributed by atoms with E-state index >= 15 is 0 Å². The van der Waals surface area contributed by atoms with Crippen LogP contribution in [0.5, 0.6) is 0 Å². The van der Waals surface area contributed by atoms with E-state index in [2.05, 4.69) is 27.7 Å². The second-order valence-electron chi connectivity index (χ2n) is 11.9. The summed E-state index contributed by atoms with van der Waals surface area (Å²) in [4.78, 5) is 15.7. The molecule has 6 rings (SSSR count). The number of ether oxygens (including phenoxy) is 1. The SMILES string of the molecule is C[C@@H]1CN(Cc2cc(C(F)(F)F)c3cn(C4CCCC(C5(C6NCNN6C)CCC5)C4)c(=O)n3c2)CCO1. The molecule has 38 heavy (non-hydrogen) atoms. The van der Waals surface area contributed by atoms with Crippen LogP contribution in [0, 0.1) is 11.3 Å². The van der Waals surface area contributed by atoms with Crippen molar-refractivity contribution in [2.24, 2.45) is 11.3 Å². The van der Waals surface area contributed by atoms with Crippen molar-refractivity contribution in [1.29, 1.82) is 0 Å². The van der Waals surface area contributed by atoms with Gasteiger partial charge >= 0.3 is 11.9 Å². The summed E-state index contributed by atoms with van der Waals surface area (Å²) in [6, 6.07) is 1.13. The van der Waals surface area contributed by atoms with E-state index < -0.39 is 11.7 Å². The van der Waals surface area contributed by atoms with Gasteiger partial charge in [0, 0.05) is 50.5 Å². The Morgan fingerprint density at radius 3 is 2.66 bits per heavy atom. The van der Waals surface area contributed by atoms with Gasteiger partial charge in [0.2, 0.25) is 0 Å². The van der Waals surface area contributed by atoms with Gasteiger partial charge in [0.05, 0.1) is 36.6 Å². The molecular weight excluding hydrogens is 497 g/mol. The van der Waals surface area contributed by atoms with Crippen LogP contribution in [0.4, 0.5) is 13.2 Å². The van der Waals surface area contributed by atoms with Crippen LogP contribution in [0.1, 0.15) is 69.0 Å². The van der Waals surface area contributed by atoms with Gasteiger partial charge in [0.1, 0.15) is 0 Å². The molecule has 2 saturated carbocycles. The maximum Gasteiger partial charge on any atom is 0.418 e. The molecule has 4 aliphatic rings. The zero-order valence-corrected chi connectivity index (χ0v) is 22.3. The molecule has 2 aliphatic heterocycles. The molecule has 4 atom stereocenters. The molecule has 2 aromatic heterocycles. The molecule has 210 valence electrons. The number of nitrogens with zero attached hydrogens (tertiary/aromatic N) is 4. The average Bonchev–Trinajstić information content (AvgIpc) is 3.41. The first-order valence-electron chi connectivity index (χ1n) is 14.0. The van der Waals surface area contributed by atoms with E-state index in [4.69, 9.17) is 4.74 Å². The van der Waals surface area contributed by atoms with Gasteiger partial charge in [-0.25, -0.2) is 15.2 Å². The Hall–Kier alpha value is -1.92. The fourth-order valence-corrected chi connectivity index (χ4v) is 7.64. The van der Waals surface area contributed by atoms with Gasteiger partial charge in [0.25, 0.3) is 0 Å². The highest BCUT2D eigenvalue weighted by molar-refractivity contribution is 5.56. The van der Waals surface area contributed by atoms with Crippen molar-refractivity contribution in [3.8, 4) is 0 Å². The van der Waals surface area contributed by atoms with Crippen LogP contribution < -0.4 is 16.4 Å². The van der Waals surface area contributed by atoms with Crippen molar-refractivity contribution < 1.29 is 17.9 Å². The predicted molar refractivity (Wildman–Crippen MR) is 137 cm³/mol. The number of hydrazine groups is 1. The molecule has 8 nitrogen and oxygen atoms in total. The van der Waals surface area contributed by atoms with Crippen LogP contribution in [-0.4, -0.2) is 64.6 Å². The molecule has 0 amide bonds. The lowest BCUT2D eigenvalue weighted by atomic mass is 9.55. The largest absolute Gasteiger partial charge is 0.418 e. The molecule has 2 aromatic rings. The number of aromatic nitrogens is 2. The van der Waals surface area contributed by atoms with Gasteiger partial charge in [-0.05, 0) is 56.6 Å². The monoisotopic (exact) mass is 536 g/mol. The van der Waals surface area contributed by atoms with Gasteiger partial charge in [-0.2, -0.15) is 13.2 Å². The number of morpholine rings is 1. The molecule has 11 heteroatoms. The van der Waals surface area contributed by atoms with Crippen LogP contribution >= 0.6 is 0 Å². The summed E-state index contributed by atoms with van der Waals surface area (Å²) >= 11 is 0. The normalized spacial score (nSPS) is 31.1. The number of halogens is 3. The smallest absolute Gasteiger partial charge is 0.376 e. The van der Waals surface area contributed by atoms with Gasteiger partial charge < -0.3 is 4.74 Å². The van der Waals surface area contributed by atoms with Crippen LogP contribution in [0.2, 0.25) is 0 Å². The van der Waals surface area contributed by atoms with E-state index in [1.165, 1.54) is 23.1 Å². The van der Waals surface area contributed by atoms with Gasteiger partial charge in [-0.3, -0.25) is 19.2 Å². The lowest BCUT2D eigenvalue weighted by Crippen LogP contribution is -2.57. The number of imidazole rings is 1. The third-order valence-corrected chi connectivity index (χ3v) is 9.58. The third kappa shape index (κ3) is 4.60. The van der Waals surface area contributed by atoms with Crippen molar-refractivity contribution in [3.63, 3.8) is 0 Å². The average molecular weight is 537 g/mol. The van der Waals surface area contributed by atoms with E-state index in [-0.39, 0.29) is 34.9 Å². The Balaban J connectivity index is 1.32. The maximum atomic E-state index is 14.2. The molecule has 0 radical (unpaired) electrons. The highest BCUT2D eigenvalue weighted by Gasteiger charge is 2.53. The summed E-state index contributed by atoms with van der Waals surface area (Å²) in [7, 11) is 2.07. The van der Waals surface area contributed by atoms with Crippen LogP contribution in [0.15, 0.2) is 23.3 Å². The predicted octanol–water partition coefficient (Wildman–Crippen LogP) is 3.57. The Bertz CT molecular complexity index is 1220. The minimum Gasteiger partial charge on any atom is -0.376 e. The van der Waals surface area contributed by atoms with Crippen molar-refractivity contribution >= 4 is 5.52 Å². The molecule has 0 aromatic carbocycles. The first-order chi connectivity index (χ1) is 18.2. The van der Waals surface area contributed by atoms with Crippen LogP contribution in [0.3, 0.4) is 0 Å². The van der Waals surface area contributed by atoms with E-state index in [1.807, 2.05) is 6.92 Å². The molecule has 4 heterocycles. The quantitative estimate of drug-likeness (QED) is 0.610. The van der Waals surface area contributed by atoms with Crippen molar-refractivity contribution in [1.82, 2.24) is 29.6 Å². The third-order valence-electron chi connectivity index (χ3n) is 9.58. The zero-order valence-electron chi connectivity index (χ0n) is 22.3. The highest BCUT2D eigenvalue weighted by atomic mass is 19.4. The number of fused-ring (bicyclic) bond motifs is 1. The first kappa shape index (κ1) is 26.3. The fourth-order valence-electron chi connectivity index (χ4n) is 7.64. The number of nitrogens with one attached hydrogen (secondary N) is 2. The van der Waals surface area contributed by atoms with Crippen molar-refractivity contribution in [2.75, 3.05) is 33.4 Å². The second-order valence-corrected chi connectivity index (χ2v) is 11.9. The minimum absolute atomic E-state index is 0.0339. The molecule has 4 fully saturated rings. The summed E-state index contributed by atoms with van der Waals surface area (Å²) in [6.07, 6.45) is 6.00. The van der Waals surface area contributed by atoms with E-state index in [0.717, 1.165) is 45.2 Å². The fraction of sp³-hybridized carbons (Fsp3) is 0.741. The lowest BCUT2D eigenvalue weighted by Gasteiger charge is -2.55. The Labute approximate surface area is 221 Å². The number of rotatable bonds is 5. The Morgan fingerprint density at radius 1 is 1.18 bits per heavy atom. The van der Waals surface area contributed by atoms with E-state index in [9.17, 15) is 18.0 Å². The standard InChI is InChI=1S/C27H39F3N6O2/c1-18-13-34(9-10-38-18)14-19-11-22(27(28,29)30)23-16-35(25(37)36(23)15-19)21-6-3-5-20(12-21)26(7-4-8-26)24-31-17-32-33(24)2/h11,15-16,18,20-21,24,31-32H,3-10,12-14,17H2,1-2H3/t18-,20?,21?,24?/m1/s1. The van der Waals surface area contributed by atoms with Crippen LogP contribution in [0.25, 0.3) is 5.52 Å². The highest BCUT2D eigenvalue weighted by Crippen LogP contribution is 2.56. The number of hydrogen-bond donors (Lipinski definition) is 2. The number of pyridine rings is 1. The molecule has 2 N–H and O–H groups in total. The van der Waals surface area contributed by atoms with Crippen LogP contribution in [-0.2, 0) is 17.5 Å². The summed E-state index contributed by atoms with van der Waals surface area (Å²) < 4.78 is 51.1. The lowest BCUT2D eigenvalue weighted by molar-refractivity contribution is -0.136. The summed E-state index contributed by atoms with van der Waals surface area (Å²) in [6.45, 7) is 4.93. The minimum atomic E-state index is -4.55. The van der Waals surface area contributed by atoms with Crippen molar-refractivity contribution in [3.05, 3.63) is 40.1 Å². The molecule has 2 aliphatic carbocycles. The Morgan fingerprint density at radius 2 is 2.00 bits per heavy atom. The van der Waals surface area contributed by atoms with E-state index in [1.54, 1.807) is 10.8 Å². The molecular formula is C27H39F3N6O2. The van der Waals surface area contributed by atoms with Crippen molar-refractivity contribution in [2.45, 2.75) is 82.9 Å². The topological polar surface area (TPSA) is 66.2 Å². The zero-order chi connectivity index (χ0) is 26.7. The maximum absolute atomic E-state index is 14.2. The van der Waals surface area contributed by atoms with E-state index in [0.29, 0.717) is 37.7 Å². The molecule has 0 spiro atoms. The summed E-state index contributed by atoms with van der Waals surface area (Å²) in [5.41, 5.74) is 2.83. The molecule has 0 bridgehead atoms. The second kappa shape index (κ2) is 9.92. The molecule has 3 unspecified atom stereocenters. The summed E-state index contributed by atoms with van der Waals surface area (Å²) in [5.74, 6) is 0.422. The first-order valence-corrected chi connectivity index (χ1v) is 14.0. The van der Waals surface area contributed by atoms with Gasteiger partial charge in [0.15, 0.2) is 0 Å². The number of hydrogen-bond acceptors (Lipinski definition) is 6. The Kier molecular flexibility index (Phi) is 6.87. The van der Waals surface area contributed by atoms with Gasteiger partial charge in [-0.15, -0.1) is 0 Å². The molecule has 2 saturated heterocycles.